The molecule has 0 aromatic carbocycles. The van der Waals surface area contributed by atoms with Crippen LogP contribution in [-0.4, -0.2) is 50.9 Å². The zero-order chi connectivity index (χ0) is 18.0. The first-order valence-electron chi connectivity index (χ1n) is 8.43. The fraction of sp³-hybridized carbons (Fsp3) is 0.562. The zero-order valence-corrected chi connectivity index (χ0v) is 15.0. The van der Waals surface area contributed by atoms with E-state index in [1.807, 2.05) is 14.1 Å². The second kappa shape index (κ2) is 7.04. The van der Waals surface area contributed by atoms with Crippen LogP contribution < -0.4 is 15.5 Å². The summed E-state index contributed by atoms with van der Waals surface area (Å²) in [6, 6.07) is -0.211. The zero-order valence-electron chi connectivity index (χ0n) is 15.0. The van der Waals surface area contributed by atoms with Gasteiger partial charge in [-0.15, -0.1) is 10.2 Å². The Bertz CT molecular complexity index is 737. The Morgan fingerprint density at radius 1 is 1.28 bits per heavy atom. The average Bonchev–Trinajstić information content (AvgIpc) is 2.98. The average molecular weight is 344 g/mol. The number of hydrogen-bond donors (Lipinski definition) is 2. The van der Waals surface area contributed by atoms with E-state index < -0.39 is 0 Å². The molecule has 2 aromatic rings. The number of anilines is 2. The van der Waals surface area contributed by atoms with Crippen molar-refractivity contribution in [2.75, 3.05) is 24.3 Å². The normalized spacial score (nSPS) is 16.4. The SMILES string of the molecule is CC(C)c1nnc2n1C[C@H](NC(=O)Nc1cnc(N(C)C)nc1)CC2. The predicted molar refractivity (Wildman–Crippen MR) is 94.7 cm³/mol. The number of amides is 2. The first-order chi connectivity index (χ1) is 11.9. The van der Waals surface area contributed by atoms with Gasteiger partial charge in [-0.2, -0.15) is 0 Å². The van der Waals surface area contributed by atoms with Crippen LogP contribution in [0, 0.1) is 0 Å². The molecule has 0 saturated carbocycles. The van der Waals surface area contributed by atoms with Gasteiger partial charge in [-0.05, 0) is 6.42 Å². The van der Waals surface area contributed by atoms with Crippen molar-refractivity contribution in [3.8, 4) is 0 Å². The summed E-state index contributed by atoms with van der Waals surface area (Å²) in [5, 5.41) is 14.3. The molecule has 2 amide bonds. The van der Waals surface area contributed by atoms with Crippen molar-refractivity contribution < 1.29 is 4.79 Å². The highest BCUT2D eigenvalue weighted by atomic mass is 16.2. The summed E-state index contributed by atoms with van der Waals surface area (Å²) >= 11 is 0. The number of aromatic nitrogens is 5. The van der Waals surface area contributed by atoms with Gasteiger partial charge in [0.1, 0.15) is 11.6 Å². The van der Waals surface area contributed by atoms with Gasteiger partial charge >= 0.3 is 6.03 Å². The van der Waals surface area contributed by atoms with E-state index in [2.05, 4.69) is 49.2 Å². The summed E-state index contributed by atoms with van der Waals surface area (Å²) in [5.41, 5.74) is 0.562. The molecule has 25 heavy (non-hydrogen) atoms. The number of urea groups is 1. The molecule has 134 valence electrons. The van der Waals surface area contributed by atoms with E-state index >= 15 is 0 Å². The maximum absolute atomic E-state index is 12.2. The molecule has 3 heterocycles. The van der Waals surface area contributed by atoms with Crippen LogP contribution in [0.4, 0.5) is 16.4 Å². The van der Waals surface area contributed by atoms with Crippen molar-refractivity contribution in [2.24, 2.45) is 0 Å². The van der Waals surface area contributed by atoms with Crippen molar-refractivity contribution in [2.45, 2.75) is 45.2 Å². The monoisotopic (exact) mass is 344 g/mol. The van der Waals surface area contributed by atoms with Crippen LogP contribution in [0.15, 0.2) is 12.4 Å². The number of hydrogen-bond acceptors (Lipinski definition) is 6. The van der Waals surface area contributed by atoms with E-state index in [1.54, 1.807) is 17.3 Å². The smallest absolute Gasteiger partial charge is 0.319 e. The molecule has 0 aliphatic carbocycles. The third-order valence-electron chi connectivity index (χ3n) is 4.12. The van der Waals surface area contributed by atoms with Gasteiger partial charge in [0.25, 0.3) is 0 Å². The Hall–Kier alpha value is -2.71. The Balaban J connectivity index is 1.59. The van der Waals surface area contributed by atoms with E-state index in [-0.39, 0.29) is 12.1 Å². The Kier molecular flexibility index (Phi) is 4.82. The molecule has 9 heteroatoms. The van der Waals surface area contributed by atoms with Crippen molar-refractivity contribution >= 4 is 17.7 Å². The maximum atomic E-state index is 12.2. The molecule has 0 spiro atoms. The number of carbonyl (C=O) groups is 1. The predicted octanol–water partition coefficient (Wildman–Crippen LogP) is 1.39. The number of fused-ring (bicyclic) bond motifs is 1. The Morgan fingerprint density at radius 3 is 2.64 bits per heavy atom. The lowest BCUT2D eigenvalue weighted by atomic mass is 10.1. The summed E-state index contributed by atoms with van der Waals surface area (Å²) in [6.07, 6.45) is 4.85. The topological polar surface area (TPSA) is 101 Å². The van der Waals surface area contributed by atoms with E-state index in [0.717, 1.165) is 24.5 Å². The first-order valence-corrected chi connectivity index (χ1v) is 8.43. The minimum atomic E-state index is -0.256. The van der Waals surface area contributed by atoms with Gasteiger partial charge in [0.2, 0.25) is 5.95 Å². The van der Waals surface area contributed by atoms with Crippen LogP contribution in [0.2, 0.25) is 0 Å². The second-order valence-corrected chi connectivity index (χ2v) is 6.74. The van der Waals surface area contributed by atoms with Crippen LogP contribution in [0.3, 0.4) is 0 Å². The first kappa shape index (κ1) is 17.1. The third kappa shape index (κ3) is 3.86. The van der Waals surface area contributed by atoms with E-state index in [1.165, 1.54) is 0 Å². The number of aryl methyl sites for hydroxylation is 1. The maximum Gasteiger partial charge on any atom is 0.319 e. The minimum Gasteiger partial charge on any atom is -0.347 e. The van der Waals surface area contributed by atoms with Crippen LogP contribution in [-0.2, 0) is 13.0 Å². The molecular weight excluding hydrogens is 320 g/mol. The van der Waals surface area contributed by atoms with Gasteiger partial charge in [0.15, 0.2) is 0 Å². The summed E-state index contributed by atoms with van der Waals surface area (Å²) in [4.78, 5) is 22.4. The largest absolute Gasteiger partial charge is 0.347 e. The van der Waals surface area contributed by atoms with E-state index in [4.69, 9.17) is 0 Å². The molecule has 1 aliphatic heterocycles. The third-order valence-corrected chi connectivity index (χ3v) is 4.12. The van der Waals surface area contributed by atoms with E-state index in [9.17, 15) is 4.79 Å². The van der Waals surface area contributed by atoms with Crippen molar-refractivity contribution in [1.82, 2.24) is 30.0 Å². The van der Waals surface area contributed by atoms with Gasteiger partial charge in [-0.25, -0.2) is 14.8 Å². The van der Waals surface area contributed by atoms with Gasteiger partial charge in [-0.1, -0.05) is 13.8 Å². The van der Waals surface area contributed by atoms with Crippen molar-refractivity contribution in [3.63, 3.8) is 0 Å². The molecule has 3 rings (SSSR count). The Labute approximate surface area is 146 Å². The standard InChI is InChI=1S/C16H24N8O/c1-10(2)14-22-21-13-6-5-11(9-24(13)14)19-16(25)20-12-7-17-15(18-8-12)23(3)4/h7-8,10-11H,5-6,9H2,1-4H3,(H2,19,20,25)/t11-/m1/s1. The lowest BCUT2D eigenvalue weighted by Gasteiger charge is -2.26. The Morgan fingerprint density at radius 2 is 2.00 bits per heavy atom. The lowest BCUT2D eigenvalue weighted by Crippen LogP contribution is -2.43. The molecule has 0 saturated heterocycles. The van der Waals surface area contributed by atoms with Gasteiger partial charge in [0, 0.05) is 39.0 Å². The summed E-state index contributed by atoms with van der Waals surface area (Å²) < 4.78 is 2.12. The minimum absolute atomic E-state index is 0.0444. The number of nitrogens with zero attached hydrogens (tertiary/aromatic N) is 6. The fourth-order valence-corrected chi connectivity index (χ4v) is 2.86. The molecule has 0 radical (unpaired) electrons. The second-order valence-electron chi connectivity index (χ2n) is 6.74. The molecule has 0 bridgehead atoms. The molecule has 2 N–H and O–H groups in total. The van der Waals surface area contributed by atoms with E-state index in [0.29, 0.717) is 24.1 Å². The van der Waals surface area contributed by atoms with Gasteiger partial charge in [-0.3, -0.25) is 0 Å². The summed E-state index contributed by atoms with van der Waals surface area (Å²) in [5.74, 6) is 2.87. The highest BCUT2D eigenvalue weighted by Gasteiger charge is 2.25. The van der Waals surface area contributed by atoms with Crippen LogP contribution in [0.1, 0.15) is 37.8 Å². The number of nitrogens with one attached hydrogen (secondary N) is 2. The highest BCUT2D eigenvalue weighted by molar-refractivity contribution is 5.89. The number of rotatable bonds is 4. The number of carbonyl (C=O) groups excluding carboxylic acids is 1. The molecule has 0 fully saturated rings. The highest BCUT2D eigenvalue weighted by Crippen LogP contribution is 2.20. The lowest BCUT2D eigenvalue weighted by molar-refractivity contribution is 0.244. The van der Waals surface area contributed by atoms with Crippen LogP contribution in [0.25, 0.3) is 0 Å². The van der Waals surface area contributed by atoms with Crippen LogP contribution >= 0.6 is 0 Å². The van der Waals surface area contributed by atoms with Crippen molar-refractivity contribution in [3.05, 3.63) is 24.0 Å². The summed E-state index contributed by atoms with van der Waals surface area (Å²) in [6.45, 7) is 4.89. The van der Waals surface area contributed by atoms with Crippen LogP contribution in [0.5, 0.6) is 0 Å². The molecule has 9 nitrogen and oxygen atoms in total. The van der Waals surface area contributed by atoms with Gasteiger partial charge in [0.05, 0.1) is 18.1 Å². The molecule has 1 aliphatic rings. The van der Waals surface area contributed by atoms with Crippen molar-refractivity contribution in [1.29, 1.82) is 0 Å². The molecule has 1 atom stereocenters. The quantitative estimate of drug-likeness (QED) is 0.869. The summed E-state index contributed by atoms with van der Waals surface area (Å²) in [7, 11) is 3.73. The molecular formula is C16H24N8O. The fourth-order valence-electron chi connectivity index (χ4n) is 2.86. The molecule has 0 unspecified atom stereocenters. The van der Waals surface area contributed by atoms with Gasteiger partial charge < -0.3 is 20.1 Å². The molecule has 2 aromatic heterocycles.